The van der Waals surface area contributed by atoms with E-state index in [0.717, 1.165) is 35.6 Å². The number of para-hydroxylation sites is 1. The van der Waals surface area contributed by atoms with E-state index in [1.54, 1.807) is 14.2 Å². The zero-order valence-corrected chi connectivity index (χ0v) is 18.6. The van der Waals surface area contributed by atoms with Gasteiger partial charge in [0.05, 0.1) is 39.2 Å². The average molecular weight is 438 g/mol. The lowest BCUT2D eigenvalue weighted by Crippen LogP contribution is -2.40. The zero-order valence-electron chi connectivity index (χ0n) is 17.8. The van der Waals surface area contributed by atoms with Gasteiger partial charge in [-0.3, -0.25) is 4.90 Å². The molecule has 31 heavy (non-hydrogen) atoms. The Hall–Kier alpha value is -2.87. The van der Waals surface area contributed by atoms with Gasteiger partial charge in [-0.25, -0.2) is 0 Å². The molecule has 1 aliphatic heterocycles. The van der Waals surface area contributed by atoms with Crippen LogP contribution in [0.1, 0.15) is 22.9 Å². The number of hydrogen-bond acceptors (Lipinski definition) is 5. The Morgan fingerprint density at radius 1 is 1.00 bits per heavy atom. The van der Waals surface area contributed by atoms with Crippen molar-refractivity contribution in [1.82, 2.24) is 9.47 Å². The van der Waals surface area contributed by atoms with E-state index in [0.29, 0.717) is 29.7 Å². The molecular formula is C24H27N3O3S. The lowest BCUT2D eigenvalue weighted by Gasteiger charge is -2.35. The fraction of sp³-hybridized carbons (Fsp3) is 0.292. The predicted molar refractivity (Wildman–Crippen MR) is 125 cm³/mol. The molecule has 4 rings (SSSR count). The standard InChI is InChI=1S/C24H27N3O3S/c1-28-21-10-9-17(16-22(21)29-2)23(26-12-14-30-15-13-26)20-8-5-11-27(20)19-7-4-3-6-18(19)24(25)31/h3-11,16,23H,12-15H2,1-2H3,(H2,25,31). The SMILES string of the molecule is COc1ccc(C(c2cccn2-c2ccccc2C(N)=S)N2CCOCC2)cc1OC. The van der Waals surface area contributed by atoms with E-state index in [2.05, 4.69) is 39.9 Å². The van der Waals surface area contributed by atoms with Gasteiger partial charge in [-0.1, -0.05) is 30.4 Å². The van der Waals surface area contributed by atoms with Crippen LogP contribution in [0.4, 0.5) is 0 Å². The summed E-state index contributed by atoms with van der Waals surface area (Å²) in [5.41, 5.74) is 10.1. The van der Waals surface area contributed by atoms with Crippen LogP contribution in [0, 0.1) is 0 Å². The second kappa shape index (κ2) is 9.51. The van der Waals surface area contributed by atoms with Crippen molar-refractivity contribution in [1.29, 1.82) is 0 Å². The number of hydrogen-bond donors (Lipinski definition) is 1. The fourth-order valence-electron chi connectivity index (χ4n) is 4.16. The second-order valence-corrected chi connectivity index (χ2v) is 7.79. The van der Waals surface area contributed by atoms with E-state index in [4.69, 9.17) is 32.2 Å². The van der Waals surface area contributed by atoms with E-state index < -0.39 is 0 Å². The minimum absolute atomic E-state index is 0.00175. The van der Waals surface area contributed by atoms with Gasteiger partial charge in [0.2, 0.25) is 0 Å². The van der Waals surface area contributed by atoms with Crippen LogP contribution in [0.25, 0.3) is 5.69 Å². The number of aromatic nitrogens is 1. The van der Waals surface area contributed by atoms with Gasteiger partial charge in [0.1, 0.15) is 4.99 Å². The summed E-state index contributed by atoms with van der Waals surface area (Å²) in [7, 11) is 3.31. The van der Waals surface area contributed by atoms with E-state index in [1.165, 1.54) is 0 Å². The van der Waals surface area contributed by atoms with Crippen LogP contribution in [0.2, 0.25) is 0 Å². The maximum absolute atomic E-state index is 6.03. The number of thiocarbonyl (C=S) groups is 1. The summed E-state index contributed by atoms with van der Waals surface area (Å²) in [4.78, 5) is 2.81. The maximum Gasteiger partial charge on any atom is 0.161 e. The first-order chi connectivity index (χ1) is 15.1. The van der Waals surface area contributed by atoms with Crippen LogP contribution in [-0.4, -0.2) is 55.0 Å². The summed E-state index contributed by atoms with van der Waals surface area (Å²) in [6, 6.07) is 18.3. The van der Waals surface area contributed by atoms with E-state index in [9.17, 15) is 0 Å². The molecule has 3 aromatic rings. The molecule has 6 nitrogen and oxygen atoms in total. The van der Waals surface area contributed by atoms with Gasteiger partial charge in [-0.15, -0.1) is 0 Å². The average Bonchev–Trinajstić information content (AvgIpc) is 3.29. The normalized spacial score (nSPS) is 15.4. The molecule has 1 fully saturated rings. The summed E-state index contributed by atoms with van der Waals surface area (Å²) in [5.74, 6) is 1.42. The van der Waals surface area contributed by atoms with Crippen molar-refractivity contribution in [3.63, 3.8) is 0 Å². The molecule has 1 aromatic heterocycles. The summed E-state index contributed by atoms with van der Waals surface area (Å²) in [6.07, 6.45) is 2.06. The van der Waals surface area contributed by atoms with Crippen molar-refractivity contribution < 1.29 is 14.2 Å². The first-order valence-electron chi connectivity index (χ1n) is 10.2. The molecule has 2 aromatic carbocycles. The summed E-state index contributed by atoms with van der Waals surface area (Å²) in [5, 5.41) is 0. The van der Waals surface area contributed by atoms with Crippen LogP contribution in [0.15, 0.2) is 60.8 Å². The molecule has 0 aliphatic carbocycles. The first kappa shape index (κ1) is 21.4. The van der Waals surface area contributed by atoms with Crippen molar-refractivity contribution >= 4 is 17.2 Å². The monoisotopic (exact) mass is 437 g/mol. The lowest BCUT2D eigenvalue weighted by molar-refractivity contribution is 0.0229. The van der Waals surface area contributed by atoms with Gasteiger partial charge in [0.15, 0.2) is 11.5 Å². The second-order valence-electron chi connectivity index (χ2n) is 7.35. The highest BCUT2D eigenvalue weighted by molar-refractivity contribution is 7.80. The van der Waals surface area contributed by atoms with Crippen molar-refractivity contribution in [2.75, 3.05) is 40.5 Å². The van der Waals surface area contributed by atoms with Crippen LogP contribution >= 0.6 is 12.2 Å². The van der Waals surface area contributed by atoms with E-state index >= 15 is 0 Å². The molecule has 7 heteroatoms. The highest BCUT2D eigenvalue weighted by Crippen LogP contribution is 2.37. The molecule has 0 saturated carbocycles. The number of nitrogens with zero attached hydrogens (tertiary/aromatic N) is 2. The van der Waals surface area contributed by atoms with Crippen LogP contribution < -0.4 is 15.2 Å². The molecule has 1 atom stereocenters. The molecule has 0 amide bonds. The lowest BCUT2D eigenvalue weighted by atomic mass is 10.00. The number of methoxy groups -OCH3 is 2. The quantitative estimate of drug-likeness (QED) is 0.571. The number of nitrogens with two attached hydrogens (primary N) is 1. The molecule has 1 unspecified atom stereocenters. The Balaban J connectivity index is 1.86. The Labute approximate surface area is 188 Å². The molecule has 162 valence electrons. The molecule has 0 bridgehead atoms. The Morgan fingerprint density at radius 3 is 2.45 bits per heavy atom. The minimum atomic E-state index is -0.00175. The molecule has 1 aliphatic rings. The topological polar surface area (TPSA) is 61.9 Å². The molecule has 0 spiro atoms. The third kappa shape index (κ3) is 4.30. The highest BCUT2D eigenvalue weighted by atomic mass is 32.1. The number of morpholine rings is 1. The van der Waals surface area contributed by atoms with Crippen LogP contribution in [-0.2, 0) is 4.74 Å². The summed E-state index contributed by atoms with van der Waals surface area (Å²) >= 11 is 5.32. The van der Waals surface area contributed by atoms with Gasteiger partial charge in [-0.05, 0) is 42.0 Å². The summed E-state index contributed by atoms with van der Waals surface area (Å²) < 4.78 is 18.8. The van der Waals surface area contributed by atoms with Gasteiger partial charge in [0, 0.05) is 30.5 Å². The predicted octanol–water partition coefficient (Wildman–Crippen LogP) is 3.55. The van der Waals surface area contributed by atoms with Crippen molar-refractivity contribution in [3.8, 4) is 17.2 Å². The molecule has 0 radical (unpaired) electrons. The van der Waals surface area contributed by atoms with Crippen molar-refractivity contribution in [2.24, 2.45) is 5.73 Å². The van der Waals surface area contributed by atoms with E-state index in [-0.39, 0.29) is 6.04 Å². The number of rotatable bonds is 7. The van der Waals surface area contributed by atoms with Gasteiger partial charge in [0.25, 0.3) is 0 Å². The minimum Gasteiger partial charge on any atom is -0.493 e. The molecule has 2 N–H and O–H groups in total. The van der Waals surface area contributed by atoms with Crippen molar-refractivity contribution in [3.05, 3.63) is 77.6 Å². The molecule has 1 saturated heterocycles. The van der Waals surface area contributed by atoms with Crippen molar-refractivity contribution in [2.45, 2.75) is 6.04 Å². The van der Waals surface area contributed by atoms with Gasteiger partial charge in [-0.2, -0.15) is 0 Å². The Morgan fingerprint density at radius 2 is 1.74 bits per heavy atom. The van der Waals surface area contributed by atoms with Crippen LogP contribution in [0.3, 0.4) is 0 Å². The number of benzene rings is 2. The third-order valence-corrected chi connectivity index (χ3v) is 5.84. The zero-order chi connectivity index (χ0) is 21.8. The highest BCUT2D eigenvalue weighted by Gasteiger charge is 2.28. The Bertz CT molecular complexity index is 1060. The Kier molecular flexibility index (Phi) is 6.56. The molecule has 2 heterocycles. The largest absolute Gasteiger partial charge is 0.493 e. The maximum atomic E-state index is 6.03. The molecular weight excluding hydrogens is 410 g/mol. The summed E-state index contributed by atoms with van der Waals surface area (Å²) in [6.45, 7) is 3.07. The first-order valence-corrected chi connectivity index (χ1v) is 10.6. The fourth-order valence-corrected chi connectivity index (χ4v) is 4.33. The van der Waals surface area contributed by atoms with Gasteiger partial charge < -0.3 is 24.5 Å². The third-order valence-electron chi connectivity index (χ3n) is 5.62. The van der Waals surface area contributed by atoms with Gasteiger partial charge >= 0.3 is 0 Å². The smallest absolute Gasteiger partial charge is 0.161 e. The number of ether oxygens (including phenoxy) is 3. The van der Waals surface area contributed by atoms with Crippen LogP contribution in [0.5, 0.6) is 11.5 Å². The van der Waals surface area contributed by atoms with E-state index in [1.807, 2.05) is 30.3 Å².